The molecule has 3 aliphatic rings. The first kappa shape index (κ1) is 28.0. The first-order valence-corrected chi connectivity index (χ1v) is 13.1. The minimum atomic E-state index is -1.19. The molecule has 0 aromatic carbocycles. The van der Waals surface area contributed by atoms with Crippen LogP contribution in [-0.4, -0.2) is 50.6 Å². The van der Waals surface area contributed by atoms with E-state index in [1.54, 1.807) is 26.0 Å². The molecule has 3 fully saturated rings. The highest BCUT2D eigenvalue weighted by molar-refractivity contribution is 6.00. The lowest BCUT2D eigenvalue weighted by Gasteiger charge is -2.62. The highest BCUT2D eigenvalue weighted by atomic mass is 16.3. The number of hydrogen-bond acceptors (Lipinski definition) is 5. The summed E-state index contributed by atoms with van der Waals surface area (Å²) < 4.78 is 0. The van der Waals surface area contributed by atoms with Crippen molar-refractivity contribution in [1.29, 1.82) is 0 Å². The summed E-state index contributed by atoms with van der Waals surface area (Å²) in [6, 6.07) is 0. The lowest BCUT2D eigenvalue weighted by atomic mass is 9.43. The van der Waals surface area contributed by atoms with Gasteiger partial charge in [-0.15, -0.1) is 0 Å². The van der Waals surface area contributed by atoms with Crippen LogP contribution in [-0.2, 0) is 4.79 Å². The van der Waals surface area contributed by atoms with E-state index < -0.39 is 23.2 Å². The normalized spacial score (nSPS) is 40.8. The Bertz CT molecular complexity index is 950. The van der Waals surface area contributed by atoms with E-state index in [0.29, 0.717) is 12.8 Å². The molecule has 0 heterocycles. The molecule has 196 valence electrons. The molecule has 3 aliphatic carbocycles. The van der Waals surface area contributed by atoms with Gasteiger partial charge in [0, 0.05) is 22.8 Å². The number of fused-ring (bicyclic) bond motifs is 3. The van der Waals surface area contributed by atoms with Gasteiger partial charge in [0.2, 0.25) is 0 Å². The quantitative estimate of drug-likeness (QED) is 0.323. The summed E-state index contributed by atoms with van der Waals surface area (Å²) in [6.07, 6.45) is 11.7. The molecule has 35 heavy (non-hydrogen) atoms. The van der Waals surface area contributed by atoms with Crippen LogP contribution < -0.4 is 0 Å². The molecule has 0 aliphatic heterocycles. The average molecular weight is 487 g/mol. The summed E-state index contributed by atoms with van der Waals surface area (Å²) in [7, 11) is 0. The third kappa shape index (κ3) is 4.90. The van der Waals surface area contributed by atoms with Gasteiger partial charge in [-0.05, 0) is 76.2 Å². The molecule has 0 unspecified atom stereocenters. The van der Waals surface area contributed by atoms with Gasteiger partial charge >= 0.3 is 0 Å². The van der Waals surface area contributed by atoms with Crippen LogP contribution in [0.25, 0.3) is 0 Å². The maximum absolute atomic E-state index is 13.4. The van der Waals surface area contributed by atoms with E-state index in [-0.39, 0.29) is 35.1 Å². The molecule has 0 spiro atoms. The SMILES string of the molecule is CC(/C=C/[C@@H](O)C(C)(C)O)=C\C=C\C(C)=C1\C(=O)C[C@H]2[C@@]3(C)CC[C@H](O)[C@](C)(CO)[C@@H]3CC[C@]12C. The van der Waals surface area contributed by atoms with Crippen LogP contribution in [0.1, 0.15) is 80.6 Å². The molecule has 0 bridgehead atoms. The van der Waals surface area contributed by atoms with E-state index in [4.69, 9.17) is 0 Å². The second kappa shape index (κ2) is 9.74. The monoisotopic (exact) mass is 486 g/mol. The largest absolute Gasteiger partial charge is 0.396 e. The molecule has 4 N–H and O–H groups in total. The van der Waals surface area contributed by atoms with Gasteiger partial charge in [0.25, 0.3) is 0 Å². The van der Waals surface area contributed by atoms with Crippen molar-refractivity contribution >= 4 is 5.78 Å². The number of carbonyl (C=O) groups excluding carboxylic acids is 1. The van der Waals surface area contributed by atoms with Crippen molar-refractivity contribution in [3.63, 3.8) is 0 Å². The van der Waals surface area contributed by atoms with Crippen molar-refractivity contribution in [2.24, 2.45) is 28.1 Å². The second-order valence-corrected chi connectivity index (χ2v) is 12.7. The number of hydrogen-bond donors (Lipinski definition) is 4. The molecule has 0 aromatic rings. The number of rotatable bonds is 6. The number of carbonyl (C=O) groups is 1. The van der Waals surface area contributed by atoms with Gasteiger partial charge < -0.3 is 20.4 Å². The summed E-state index contributed by atoms with van der Waals surface area (Å²) in [4.78, 5) is 13.4. The van der Waals surface area contributed by atoms with Gasteiger partial charge in [-0.2, -0.15) is 0 Å². The predicted molar refractivity (Wildman–Crippen MR) is 140 cm³/mol. The van der Waals surface area contributed by atoms with E-state index in [9.17, 15) is 25.2 Å². The summed E-state index contributed by atoms with van der Waals surface area (Å²) in [5.41, 5.74) is 0.859. The Balaban J connectivity index is 1.87. The molecule has 5 nitrogen and oxygen atoms in total. The van der Waals surface area contributed by atoms with E-state index in [1.165, 1.54) is 0 Å². The molecule has 0 radical (unpaired) electrons. The molecule has 0 saturated heterocycles. The third-order valence-corrected chi connectivity index (χ3v) is 9.77. The molecule has 3 saturated carbocycles. The standard InChI is InChI=1S/C30H46O5/c1-19(11-12-24(33)27(3,4)35)9-8-10-20(2)26-21(32)17-23-28(5)16-14-25(34)30(7,18-31)22(28)13-15-29(23,26)6/h8-12,22-25,31,33-35H,13-18H2,1-7H3/b10-8+,12-11+,19-9+,26-20-/t22-,23+,24-,25+,28+,29+,30-/m1/s1. The summed E-state index contributed by atoms with van der Waals surface area (Å²) in [5.74, 6) is 0.634. The number of allylic oxidation sites excluding steroid dienone is 7. The first-order chi connectivity index (χ1) is 16.1. The van der Waals surface area contributed by atoms with Crippen molar-refractivity contribution in [3.8, 4) is 0 Å². The van der Waals surface area contributed by atoms with Gasteiger partial charge in [-0.3, -0.25) is 4.79 Å². The van der Waals surface area contributed by atoms with Crippen LogP contribution >= 0.6 is 0 Å². The van der Waals surface area contributed by atoms with E-state index in [2.05, 4.69) is 13.8 Å². The maximum Gasteiger partial charge on any atom is 0.160 e. The first-order valence-electron chi connectivity index (χ1n) is 13.1. The topological polar surface area (TPSA) is 98.0 Å². The molecule has 0 amide bonds. The Hall–Kier alpha value is -1.53. The zero-order valence-corrected chi connectivity index (χ0v) is 22.6. The van der Waals surface area contributed by atoms with Crippen molar-refractivity contribution in [1.82, 2.24) is 0 Å². The Labute approximate surface area is 211 Å². The number of aliphatic hydroxyl groups excluding tert-OH is 3. The zero-order valence-electron chi connectivity index (χ0n) is 22.6. The van der Waals surface area contributed by atoms with Crippen LogP contribution in [0.3, 0.4) is 0 Å². The van der Waals surface area contributed by atoms with E-state index in [1.807, 2.05) is 39.0 Å². The fourth-order valence-electron chi connectivity index (χ4n) is 7.57. The Morgan fingerprint density at radius 3 is 2.37 bits per heavy atom. The predicted octanol–water partition coefficient (Wildman–Crippen LogP) is 4.66. The van der Waals surface area contributed by atoms with Crippen molar-refractivity contribution in [3.05, 3.63) is 47.1 Å². The second-order valence-electron chi connectivity index (χ2n) is 12.7. The van der Waals surface area contributed by atoms with Crippen molar-refractivity contribution < 1.29 is 25.2 Å². The Kier molecular flexibility index (Phi) is 7.80. The van der Waals surface area contributed by atoms with Crippen LogP contribution in [0, 0.1) is 28.1 Å². The van der Waals surface area contributed by atoms with Gasteiger partial charge in [0.05, 0.1) is 18.3 Å². The Morgan fingerprint density at radius 1 is 1.11 bits per heavy atom. The average Bonchev–Trinajstić information content (AvgIpc) is 3.05. The number of Topliss-reactive ketones (excluding diaryl/α,β-unsaturated/α-hetero) is 1. The summed E-state index contributed by atoms with van der Waals surface area (Å²) in [5, 5.41) is 40.8. The molecular weight excluding hydrogens is 440 g/mol. The minimum absolute atomic E-state index is 0.0246. The van der Waals surface area contributed by atoms with Crippen LogP contribution in [0.5, 0.6) is 0 Å². The van der Waals surface area contributed by atoms with Crippen molar-refractivity contribution in [2.45, 2.75) is 98.4 Å². The van der Waals surface area contributed by atoms with Gasteiger partial charge in [-0.1, -0.05) is 56.7 Å². The molecule has 0 aromatic heterocycles. The zero-order chi connectivity index (χ0) is 26.4. The smallest absolute Gasteiger partial charge is 0.160 e. The fourth-order valence-corrected chi connectivity index (χ4v) is 7.57. The summed E-state index contributed by atoms with van der Waals surface area (Å²) in [6.45, 7) is 13.6. The fraction of sp³-hybridized carbons (Fsp3) is 0.700. The minimum Gasteiger partial charge on any atom is -0.396 e. The highest BCUT2D eigenvalue weighted by Crippen LogP contribution is 2.69. The van der Waals surface area contributed by atoms with E-state index >= 15 is 0 Å². The van der Waals surface area contributed by atoms with Crippen LogP contribution in [0.15, 0.2) is 47.1 Å². The number of aliphatic hydroxyl groups is 4. The maximum atomic E-state index is 13.4. The van der Waals surface area contributed by atoms with Gasteiger partial charge in [0.15, 0.2) is 5.78 Å². The van der Waals surface area contributed by atoms with Crippen molar-refractivity contribution in [2.75, 3.05) is 6.61 Å². The van der Waals surface area contributed by atoms with E-state index in [0.717, 1.165) is 36.0 Å². The summed E-state index contributed by atoms with van der Waals surface area (Å²) >= 11 is 0. The van der Waals surface area contributed by atoms with Crippen LogP contribution in [0.2, 0.25) is 0 Å². The lowest BCUT2D eigenvalue weighted by molar-refractivity contribution is -0.178. The third-order valence-electron chi connectivity index (χ3n) is 9.77. The number of ketones is 1. The highest BCUT2D eigenvalue weighted by Gasteiger charge is 2.65. The molecule has 5 heteroatoms. The molecule has 7 atom stereocenters. The van der Waals surface area contributed by atoms with Gasteiger partial charge in [-0.25, -0.2) is 0 Å². The Morgan fingerprint density at radius 2 is 1.77 bits per heavy atom. The molecule has 3 rings (SSSR count). The van der Waals surface area contributed by atoms with Crippen LogP contribution in [0.4, 0.5) is 0 Å². The lowest BCUT2D eigenvalue weighted by Crippen LogP contribution is -2.59. The molecular formula is C30H46O5. The van der Waals surface area contributed by atoms with Gasteiger partial charge in [0.1, 0.15) is 6.10 Å².